The molecule has 1 N–H and O–H groups in total. The molecule has 0 spiro atoms. The lowest BCUT2D eigenvalue weighted by molar-refractivity contribution is 0.319. The molecule has 1 aromatic carbocycles. The molecule has 1 rings (SSSR count). The molecule has 0 bridgehead atoms. The summed E-state index contributed by atoms with van der Waals surface area (Å²) in [6, 6.07) is 7.45. The van der Waals surface area contributed by atoms with E-state index >= 15 is 0 Å². The largest absolute Gasteiger partial charge is 0.497 e. The van der Waals surface area contributed by atoms with Crippen LogP contribution in [0.4, 0.5) is 0 Å². The quantitative estimate of drug-likeness (QED) is 0.472. The van der Waals surface area contributed by atoms with Crippen molar-refractivity contribution in [1.82, 2.24) is 0 Å². The van der Waals surface area contributed by atoms with Gasteiger partial charge in [-0.25, -0.2) is 0 Å². The lowest BCUT2D eigenvalue weighted by atomic mass is 10.1. The zero-order chi connectivity index (χ0) is 10.4. The first-order valence-corrected chi connectivity index (χ1v) is 5.55. The van der Waals surface area contributed by atoms with Gasteiger partial charge in [-0.1, -0.05) is 5.16 Å². The van der Waals surface area contributed by atoms with Crippen molar-refractivity contribution in [1.29, 1.82) is 0 Å². The summed E-state index contributed by atoms with van der Waals surface area (Å²) in [5.74, 6) is 1.50. The highest BCUT2D eigenvalue weighted by molar-refractivity contribution is 7.99. The van der Waals surface area contributed by atoms with Gasteiger partial charge in [0.25, 0.3) is 0 Å². The first-order chi connectivity index (χ1) is 6.81. The van der Waals surface area contributed by atoms with Crippen LogP contribution >= 0.6 is 11.8 Å². The van der Waals surface area contributed by atoms with Crippen LogP contribution in [-0.4, -0.2) is 30.0 Å². The molecule has 0 radical (unpaired) electrons. The number of methoxy groups -OCH3 is 1. The first kappa shape index (κ1) is 10.9. The standard InChI is InChI=1S/C10H13NO2S/c1-13-9-5-3-8(4-6-9)10(11-12)7-14-2/h3-6,12H,7H2,1-2H3/b11-10+. The van der Waals surface area contributed by atoms with Crippen LogP contribution in [0.15, 0.2) is 29.4 Å². The minimum absolute atomic E-state index is 0.681. The van der Waals surface area contributed by atoms with Gasteiger partial charge in [0.2, 0.25) is 0 Å². The molecule has 0 saturated carbocycles. The van der Waals surface area contributed by atoms with E-state index in [1.807, 2.05) is 30.5 Å². The Morgan fingerprint density at radius 2 is 2.07 bits per heavy atom. The third-order valence-corrected chi connectivity index (χ3v) is 2.39. The molecule has 4 heteroatoms. The topological polar surface area (TPSA) is 41.8 Å². The molecule has 0 aliphatic heterocycles. The van der Waals surface area contributed by atoms with Crippen molar-refractivity contribution in [2.45, 2.75) is 0 Å². The summed E-state index contributed by atoms with van der Waals surface area (Å²) in [4.78, 5) is 0. The molecule has 0 aromatic heterocycles. The van der Waals surface area contributed by atoms with Crippen LogP contribution in [0.1, 0.15) is 5.56 Å². The Morgan fingerprint density at radius 1 is 1.43 bits per heavy atom. The number of nitrogens with zero attached hydrogens (tertiary/aromatic N) is 1. The van der Waals surface area contributed by atoms with Crippen molar-refractivity contribution < 1.29 is 9.94 Å². The van der Waals surface area contributed by atoms with Crippen molar-refractivity contribution in [2.75, 3.05) is 19.1 Å². The van der Waals surface area contributed by atoms with E-state index in [0.717, 1.165) is 11.3 Å². The van der Waals surface area contributed by atoms with Crippen LogP contribution in [0, 0.1) is 0 Å². The fraction of sp³-hybridized carbons (Fsp3) is 0.300. The summed E-state index contributed by atoms with van der Waals surface area (Å²) >= 11 is 1.62. The normalized spacial score (nSPS) is 11.4. The summed E-state index contributed by atoms with van der Waals surface area (Å²) in [6.07, 6.45) is 1.97. The Kier molecular flexibility index (Phi) is 4.32. The predicted octanol–water partition coefficient (Wildman–Crippen LogP) is 2.24. The van der Waals surface area contributed by atoms with Crippen molar-refractivity contribution in [2.24, 2.45) is 5.16 Å². The van der Waals surface area contributed by atoms with Gasteiger partial charge in [-0.05, 0) is 30.5 Å². The van der Waals surface area contributed by atoms with Crippen LogP contribution in [0.2, 0.25) is 0 Å². The van der Waals surface area contributed by atoms with Crippen LogP contribution in [-0.2, 0) is 0 Å². The molecule has 14 heavy (non-hydrogen) atoms. The Bertz CT molecular complexity index is 308. The molecule has 0 unspecified atom stereocenters. The van der Waals surface area contributed by atoms with Gasteiger partial charge < -0.3 is 9.94 Å². The Labute approximate surface area is 87.8 Å². The summed E-state index contributed by atoms with van der Waals surface area (Å²) in [5.41, 5.74) is 1.60. The van der Waals surface area contributed by atoms with Gasteiger partial charge in [0.05, 0.1) is 12.8 Å². The van der Waals surface area contributed by atoms with E-state index < -0.39 is 0 Å². The maximum absolute atomic E-state index is 8.78. The van der Waals surface area contributed by atoms with Crippen LogP contribution in [0.25, 0.3) is 0 Å². The van der Waals surface area contributed by atoms with Gasteiger partial charge in [-0.3, -0.25) is 0 Å². The summed E-state index contributed by atoms with van der Waals surface area (Å²) in [5, 5.41) is 12.0. The van der Waals surface area contributed by atoms with Crippen LogP contribution in [0.5, 0.6) is 5.75 Å². The van der Waals surface area contributed by atoms with E-state index in [-0.39, 0.29) is 0 Å². The second-order valence-electron chi connectivity index (χ2n) is 2.71. The van der Waals surface area contributed by atoms with Gasteiger partial charge >= 0.3 is 0 Å². The third-order valence-electron chi connectivity index (χ3n) is 1.83. The molecule has 0 aliphatic carbocycles. The highest BCUT2D eigenvalue weighted by Crippen LogP contribution is 2.13. The van der Waals surface area contributed by atoms with Crippen molar-refractivity contribution in [3.8, 4) is 5.75 Å². The summed E-state index contributed by atoms with van der Waals surface area (Å²) in [7, 11) is 1.62. The molecule has 0 amide bonds. The van der Waals surface area contributed by atoms with Crippen LogP contribution in [0.3, 0.4) is 0 Å². The monoisotopic (exact) mass is 211 g/mol. The fourth-order valence-corrected chi connectivity index (χ4v) is 1.59. The molecule has 76 valence electrons. The molecule has 0 fully saturated rings. The Balaban J connectivity index is 2.84. The molecule has 0 saturated heterocycles. The Morgan fingerprint density at radius 3 is 2.50 bits per heavy atom. The van der Waals surface area contributed by atoms with Gasteiger partial charge in [-0.2, -0.15) is 11.8 Å². The van der Waals surface area contributed by atoms with Crippen molar-refractivity contribution in [3.63, 3.8) is 0 Å². The number of hydrogen-bond donors (Lipinski definition) is 1. The van der Waals surface area contributed by atoms with Gasteiger partial charge in [-0.15, -0.1) is 0 Å². The molecule has 0 heterocycles. The van der Waals surface area contributed by atoms with Gasteiger partial charge in [0.15, 0.2) is 0 Å². The van der Waals surface area contributed by atoms with Gasteiger partial charge in [0, 0.05) is 11.3 Å². The smallest absolute Gasteiger partial charge is 0.118 e. The van der Waals surface area contributed by atoms with E-state index in [9.17, 15) is 0 Å². The van der Waals surface area contributed by atoms with Crippen LogP contribution < -0.4 is 4.74 Å². The average Bonchev–Trinajstić information content (AvgIpc) is 2.26. The maximum atomic E-state index is 8.78. The molecular weight excluding hydrogens is 198 g/mol. The predicted molar refractivity (Wildman–Crippen MR) is 59.7 cm³/mol. The third kappa shape index (κ3) is 2.67. The number of thioether (sulfide) groups is 1. The SMILES string of the molecule is COc1ccc(/C(CSC)=N/O)cc1. The first-order valence-electron chi connectivity index (χ1n) is 4.16. The van der Waals surface area contributed by atoms with E-state index in [1.165, 1.54) is 0 Å². The average molecular weight is 211 g/mol. The van der Waals surface area contributed by atoms with Crippen molar-refractivity contribution >= 4 is 17.5 Å². The van der Waals surface area contributed by atoms with Crippen molar-refractivity contribution in [3.05, 3.63) is 29.8 Å². The van der Waals surface area contributed by atoms with E-state index in [0.29, 0.717) is 11.5 Å². The maximum Gasteiger partial charge on any atom is 0.118 e. The van der Waals surface area contributed by atoms with Gasteiger partial charge in [0.1, 0.15) is 5.75 Å². The zero-order valence-electron chi connectivity index (χ0n) is 8.23. The minimum Gasteiger partial charge on any atom is -0.497 e. The highest BCUT2D eigenvalue weighted by atomic mass is 32.2. The molecule has 0 atom stereocenters. The fourth-order valence-electron chi connectivity index (χ4n) is 1.09. The molecular formula is C10H13NO2S. The summed E-state index contributed by atoms with van der Waals surface area (Å²) in [6.45, 7) is 0. The minimum atomic E-state index is 0.681. The summed E-state index contributed by atoms with van der Waals surface area (Å²) < 4.78 is 5.03. The number of oxime groups is 1. The number of rotatable bonds is 4. The van der Waals surface area contributed by atoms with E-state index in [2.05, 4.69) is 5.16 Å². The number of benzene rings is 1. The molecule has 1 aromatic rings. The molecule has 3 nitrogen and oxygen atoms in total. The molecule has 0 aliphatic rings. The Hall–Kier alpha value is -1.16. The van der Waals surface area contributed by atoms with E-state index in [4.69, 9.17) is 9.94 Å². The van der Waals surface area contributed by atoms with E-state index in [1.54, 1.807) is 18.9 Å². The lowest BCUT2D eigenvalue weighted by Gasteiger charge is -2.04. The number of hydrogen-bond acceptors (Lipinski definition) is 4. The second-order valence-corrected chi connectivity index (χ2v) is 3.57. The highest BCUT2D eigenvalue weighted by Gasteiger charge is 2.03. The second kappa shape index (κ2) is 5.54. The lowest BCUT2D eigenvalue weighted by Crippen LogP contribution is -2.03. The number of ether oxygens (including phenoxy) is 1. The zero-order valence-corrected chi connectivity index (χ0v) is 9.04.